The number of amides is 1. The molecule has 0 saturated carbocycles. The number of aryl methyl sites for hydroxylation is 1. The van der Waals surface area contributed by atoms with Crippen molar-refractivity contribution < 1.29 is 14.1 Å². The van der Waals surface area contributed by atoms with Gasteiger partial charge < -0.3 is 14.6 Å². The van der Waals surface area contributed by atoms with Crippen molar-refractivity contribution in [2.45, 2.75) is 13.3 Å². The molecule has 26 heavy (non-hydrogen) atoms. The number of aromatic nitrogens is 2. The van der Waals surface area contributed by atoms with Crippen LogP contribution in [-0.2, 0) is 11.2 Å². The molecule has 0 aliphatic carbocycles. The summed E-state index contributed by atoms with van der Waals surface area (Å²) in [6.45, 7) is 2.31. The number of nitrogens with one attached hydrogen (secondary N) is 1. The number of nitrogens with zero attached hydrogens (tertiary/aromatic N) is 2. The molecule has 2 aromatic carbocycles. The molecule has 134 valence electrons. The third-order valence-electron chi connectivity index (χ3n) is 3.70. The summed E-state index contributed by atoms with van der Waals surface area (Å²) in [5.41, 5.74) is 2.01. The minimum Gasteiger partial charge on any atom is -0.484 e. The van der Waals surface area contributed by atoms with Crippen LogP contribution in [0.1, 0.15) is 11.5 Å². The minimum absolute atomic E-state index is 0.0695. The second-order valence-corrected chi connectivity index (χ2v) is 6.11. The van der Waals surface area contributed by atoms with Crippen molar-refractivity contribution in [3.05, 3.63) is 65.0 Å². The maximum atomic E-state index is 11.8. The molecule has 6 nitrogen and oxygen atoms in total. The smallest absolute Gasteiger partial charge is 0.257 e. The van der Waals surface area contributed by atoms with Gasteiger partial charge in [-0.1, -0.05) is 41.0 Å². The number of benzene rings is 2. The van der Waals surface area contributed by atoms with E-state index in [-0.39, 0.29) is 12.5 Å². The summed E-state index contributed by atoms with van der Waals surface area (Å²) in [5.74, 6) is 1.39. The minimum atomic E-state index is -0.224. The summed E-state index contributed by atoms with van der Waals surface area (Å²) in [5, 5.41) is 7.37. The summed E-state index contributed by atoms with van der Waals surface area (Å²) in [7, 11) is 0. The maximum Gasteiger partial charge on any atom is 0.257 e. The van der Waals surface area contributed by atoms with Crippen LogP contribution < -0.4 is 10.1 Å². The Morgan fingerprint density at radius 3 is 2.73 bits per heavy atom. The van der Waals surface area contributed by atoms with Crippen molar-refractivity contribution in [2.24, 2.45) is 0 Å². The summed E-state index contributed by atoms with van der Waals surface area (Å²) >= 11 is 5.80. The van der Waals surface area contributed by atoms with E-state index in [1.165, 1.54) is 0 Å². The topological polar surface area (TPSA) is 77.2 Å². The van der Waals surface area contributed by atoms with Crippen LogP contribution in [0.15, 0.2) is 53.1 Å². The monoisotopic (exact) mass is 371 g/mol. The van der Waals surface area contributed by atoms with E-state index in [1.807, 2.05) is 31.2 Å². The number of hydrogen-bond donors (Lipinski definition) is 1. The first-order chi connectivity index (χ1) is 12.6. The van der Waals surface area contributed by atoms with E-state index in [1.54, 1.807) is 24.3 Å². The Kier molecular flexibility index (Phi) is 5.86. The Balaban J connectivity index is 1.44. The molecule has 1 amide bonds. The van der Waals surface area contributed by atoms with Crippen molar-refractivity contribution in [1.29, 1.82) is 0 Å². The molecule has 0 spiro atoms. The largest absolute Gasteiger partial charge is 0.484 e. The molecule has 0 bridgehead atoms. The van der Waals surface area contributed by atoms with Crippen molar-refractivity contribution in [3.8, 4) is 17.1 Å². The van der Waals surface area contributed by atoms with Gasteiger partial charge in [-0.15, -0.1) is 0 Å². The zero-order valence-electron chi connectivity index (χ0n) is 14.2. The molecule has 0 atom stereocenters. The van der Waals surface area contributed by atoms with Gasteiger partial charge in [0.15, 0.2) is 6.61 Å². The predicted molar refractivity (Wildman–Crippen MR) is 98.1 cm³/mol. The third-order valence-corrected chi connectivity index (χ3v) is 3.95. The number of halogens is 1. The van der Waals surface area contributed by atoms with Gasteiger partial charge in [-0.25, -0.2) is 0 Å². The van der Waals surface area contributed by atoms with E-state index in [2.05, 4.69) is 15.5 Å². The van der Waals surface area contributed by atoms with Crippen LogP contribution in [0.4, 0.5) is 0 Å². The standard InChI is InChI=1S/C19H18ClN3O3/c1-13-4-2-3-5-16(13)19-22-18(26-23-19)10-11-21-17(24)12-25-15-8-6-14(20)7-9-15/h2-9H,10-12H2,1H3,(H,21,24). The van der Waals surface area contributed by atoms with E-state index >= 15 is 0 Å². The first-order valence-electron chi connectivity index (χ1n) is 8.15. The fourth-order valence-corrected chi connectivity index (χ4v) is 2.46. The number of hydrogen-bond acceptors (Lipinski definition) is 5. The van der Waals surface area contributed by atoms with Gasteiger partial charge in [0.2, 0.25) is 11.7 Å². The first kappa shape index (κ1) is 17.9. The number of carbonyl (C=O) groups excluding carboxylic acids is 1. The fraction of sp³-hybridized carbons (Fsp3) is 0.211. The number of carbonyl (C=O) groups is 1. The van der Waals surface area contributed by atoms with Crippen LogP contribution in [0.5, 0.6) is 5.75 Å². The molecule has 7 heteroatoms. The second kappa shape index (κ2) is 8.49. The molecule has 1 N–H and O–H groups in total. The molecule has 0 radical (unpaired) electrons. The summed E-state index contributed by atoms with van der Waals surface area (Å²) < 4.78 is 10.6. The first-order valence-corrected chi connectivity index (χ1v) is 8.53. The molecule has 1 aromatic heterocycles. The van der Waals surface area contributed by atoms with E-state index in [0.717, 1.165) is 11.1 Å². The van der Waals surface area contributed by atoms with Gasteiger partial charge in [0.1, 0.15) is 5.75 Å². The zero-order valence-corrected chi connectivity index (χ0v) is 15.0. The Labute approximate surface area is 156 Å². The van der Waals surface area contributed by atoms with Crippen LogP contribution in [0.3, 0.4) is 0 Å². The molecule has 0 aliphatic rings. The SMILES string of the molecule is Cc1ccccc1-c1noc(CCNC(=O)COc2ccc(Cl)cc2)n1. The van der Waals surface area contributed by atoms with Crippen molar-refractivity contribution in [2.75, 3.05) is 13.2 Å². The van der Waals surface area contributed by atoms with Crippen molar-refractivity contribution >= 4 is 17.5 Å². The Morgan fingerprint density at radius 1 is 1.19 bits per heavy atom. The molecule has 1 heterocycles. The quantitative estimate of drug-likeness (QED) is 0.688. The third kappa shape index (κ3) is 4.83. The van der Waals surface area contributed by atoms with E-state index in [4.69, 9.17) is 20.9 Å². The molecular formula is C19H18ClN3O3. The average Bonchev–Trinajstić information content (AvgIpc) is 3.10. The van der Waals surface area contributed by atoms with E-state index in [0.29, 0.717) is 35.5 Å². The highest BCUT2D eigenvalue weighted by Crippen LogP contribution is 2.19. The molecule has 3 aromatic rings. The lowest BCUT2D eigenvalue weighted by atomic mass is 10.1. The van der Waals surface area contributed by atoms with Gasteiger partial charge in [-0.3, -0.25) is 4.79 Å². The number of rotatable bonds is 7. The lowest BCUT2D eigenvalue weighted by Crippen LogP contribution is -2.30. The molecule has 0 saturated heterocycles. The summed E-state index contributed by atoms with van der Waals surface area (Å²) in [4.78, 5) is 16.2. The van der Waals surface area contributed by atoms with Gasteiger partial charge in [0.25, 0.3) is 5.91 Å². The normalized spacial score (nSPS) is 10.5. The van der Waals surface area contributed by atoms with Gasteiger partial charge >= 0.3 is 0 Å². The molecule has 0 fully saturated rings. The molecule has 0 aliphatic heterocycles. The van der Waals surface area contributed by atoms with Gasteiger partial charge in [0.05, 0.1) is 0 Å². The van der Waals surface area contributed by atoms with Crippen molar-refractivity contribution in [1.82, 2.24) is 15.5 Å². The van der Waals surface area contributed by atoms with E-state index < -0.39 is 0 Å². The van der Waals surface area contributed by atoms with Gasteiger partial charge in [-0.2, -0.15) is 4.98 Å². The maximum absolute atomic E-state index is 11.8. The second-order valence-electron chi connectivity index (χ2n) is 5.67. The lowest BCUT2D eigenvalue weighted by molar-refractivity contribution is -0.123. The highest BCUT2D eigenvalue weighted by molar-refractivity contribution is 6.30. The van der Waals surface area contributed by atoms with Crippen LogP contribution in [-0.4, -0.2) is 29.2 Å². The predicted octanol–water partition coefficient (Wildman–Crippen LogP) is 3.44. The Bertz CT molecular complexity index is 878. The van der Waals surface area contributed by atoms with Crippen LogP contribution in [0.2, 0.25) is 5.02 Å². The van der Waals surface area contributed by atoms with Gasteiger partial charge in [-0.05, 0) is 36.8 Å². The number of ether oxygens (including phenoxy) is 1. The highest BCUT2D eigenvalue weighted by Gasteiger charge is 2.11. The van der Waals surface area contributed by atoms with Crippen LogP contribution >= 0.6 is 11.6 Å². The van der Waals surface area contributed by atoms with Crippen LogP contribution in [0, 0.1) is 6.92 Å². The van der Waals surface area contributed by atoms with E-state index in [9.17, 15) is 4.79 Å². The summed E-state index contributed by atoms with van der Waals surface area (Å²) in [6, 6.07) is 14.7. The molecular weight excluding hydrogens is 354 g/mol. The molecule has 0 unspecified atom stereocenters. The highest BCUT2D eigenvalue weighted by atomic mass is 35.5. The molecule has 3 rings (SSSR count). The van der Waals surface area contributed by atoms with Gasteiger partial charge in [0, 0.05) is 23.6 Å². The Hall–Kier alpha value is -2.86. The average molecular weight is 372 g/mol. The zero-order chi connectivity index (χ0) is 18.4. The fourth-order valence-electron chi connectivity index (χ4n) is 2.33. The summed E-state index contributed by atoms with van der Waals surface area (Å²) in [6.07, 6.45) is 0.450. The Morgan fingerprint density at radius 2 is 1.96 bits per heavy atom. The van der Waals surface area contributed by atoms with Crippen LogP contribution in [0.25, 0.3) is 11.4 Å². The van der Waals surface area contributed by atoms with Crippen molar-refractivity contribution in [3.63, 3.8) is 0 Å². The lowest BCUT2D eigenvalue weighted by Gasteiger charge is -2.06.